The van der Waals surface area contributed by atoms with Crippen molar-refractivity contribution in [3.8, 4) is 0 Å². The van der Waals surface area contributed by atoms with Gasteiger partial charge in [-0.15, -0.1) is 0 Å². The molecular weight excluding hydrogens is 188 g/mol. The summed E-state index contributed by atoms with van der Waals surface area (Å²) in [5.74, 6) is -0.275. The van der Waals surface area contributed by atoms with Gasteiger partial charge in [-0.25, -0.2) is 8.78 Å². The van der Waals surface area contributed by atoms with Crippen LogP contribution < -0.4 is 5.73 Å². The van der Waals surface area contributed by atoms with Crippen molar-refractivity contribution in [1.29, 1.82) is 0 Å². The van der Waals surface area contributed by atoms with Crippen LogP contribution in [-0.2, 0) is 0 Å². The van der Waals surface area contributed by atoms with Crippen LogP contribution in [0.3, 0.4) is 0 Å². The number of carbonyl (C=O) groups excluding carboxylic acids is 1. The van der Waals surface area contributed by atoms with Crippen molar-refractivity contribution in [3.63, 3.8) is 0 Å². The number of fused-ring (bicyclic) bond motifs is 1. The number of ketones is 1. The zero-order chi connectivity index (χ0) is 10.3. The molecule has 2 rings (SSSR count). The van der Waals surface area contributed by atoms with Crippen LogP contribution in [0.2, 0.25) is 0 Å². The number of hydrogen-bond donors (Lipinski definition) is 1. The second-order valence-corrected chi connectivity index (χ2v) is 3.35. The lowest BCUT2D eigenvalue weighted by molar-refractivity contribution is 0.0977. The lowest BCUT2D eigenvalue weighted by Crippen LogP contribution is -2.05. The molecule has 14 heavy (non-hydrogen) atoms. The average Bonchev–Trinajstić information content (AvgIpc) is 2.43. The number of Topliss-reactive ketones (excluding diaryl/α,β-unsaturated/α-hetero) is 1. The second kappa shape index (κ2) is 3.13. The topological polar surface area (TPSA) is 43.1 Å². The molecule has 0 radical (unpaired) electrons. The first-order chi connectivity index (χ1) is 6.61. The van der Waals surface area contributed by atoms with Crippen LogP contribution in [0.25, 0.3) is 0 Å². The highest BCUT2D eigenvalue weighted by molar-refractivity contribution is 6.02. The minimum atomic E-state index is -2.61. The summed E-state index contributed by atoms with van der Waals surface area (Å²) >= 11 is 0. The molecule has 0 bridgehead atoms. The summed E-state index contributed by atoms with van der Waals surface area (Å²) in [5.41, 5.74) is 6.13. The van der Waals surface area contributed by atoms with Gasteiger partial charge in [0.15, 0.2) is 5.78 Å². The van der Waals surface area contributed by atoms with Crippen molar-refractivity contribution in [1.82, 2.24) is 0 Å². The molecule has 0 saturated heterocycles. The Bertz CT molecular complexity index is 390. The van der Waals surface area contributed by atoms with Crippen LogP contribution in [0.1, 0.15) is 40.4 Å². The third-order valence-electron chi connectivity index (χ3n) is 2.45. The monoisotopic (exact) mass is 197 g/mol. The van der Waals surface area contributed by atoms with Crippen LogP contribution in [0.15, 0.2) is 18.2 Å². The normalized spacial score (nSPS) is 20.3. The summed E-state index contributed by atoms with van der Waals surface area (Å²) in [6, 6.07) is 4.01. The Hall–Kier alpha value is -1.29. The molecule has 0 spiro atoms. The van der Waals surface area contributed by atoms with E-state index >= 15 is 0 Å². The summed E-state index contributed by atoms with van der Waals surface area (Å²) in [6.45, 7) is 0. The SMILES string of the molecule is N[C@H]1CC(=O)c2c(C(F)F)cccc21. The van der Waals surface area contributed by atoms with Gasteiger partial charge in [-0.05, 0) is 5.56 Å². The third-order valence-corrected chi connectivity index (χ3v) is 2.45. The Balaban J connectivity index is 2.62. The summed E-state index contributed by atoms with van der Waals surface area (Å²) in [4.78, 5) is 11.4. The average molecular weight is 197 g/mol. The number of nitrogens with two attached hydrogens (primary N) is 1. The molecule has 1 aromatic carbocycles. The first kappa shape index (κ1) is 9.27. The highest BCUT2D eigenvalue weighted by Gasteiger charge is 2.31. The maximum atomic E-state index is 12.5. The lowest BCUT2D eigenvalue weighted by atomic mass is 10.0. The molecule has 1 aliphatic carbocycles. The van der Waals surface area contributed by atoms with Crippen LogP contribution in [0.4, 0.5) is 8.78 Å². The molecule has 0 unspecified atom stereocenters. The van der Waals surface area contributed by atoms with Crippen molar-refractivity contribution < 1.29 is 13.6 Å². The molecule has 0 heterocycles. The molecule has 74 valence electrons. The van der Waals surface area contributed by atoms with Crippen LogP contribution in [-0.4, -0.2) is 5.78 Å². The number of alkyl halides is 2. The van der Waals surface area contributed by atoms with Gasteiger partial charge in [0, 0.05) is 23.6 Å². The Morgan fingerprint density at radius 1 is 1.43 bits per heavy atom. The third kappa shape index (κ3) is 1.23. The molecule has 1 aliphatic rings. The predicted molar refractivity (Wildman–Crippen MR) is 47.3 cm³/mol. The quantitative estimate of drug-likeness (QED) is 0.750. The van der Waals surface area contributed by atoms with Gasteiger partial charge in [0.25, 0.3) is 6.43 Å². The van der Waals surface area contributed by atoms with Crippen molar-refractivity contribution in [2.24, 2.45) is 5.73 Å². The molecule has 0 saturated carbocycles. The fourth-order valence-corrected chi connectivity index (χ4v) is 1.81. The fourth-order valence-electron chi connectivity index (χ4n) is 1.81. The minimum Gasteiger partial charge on any atom is -0.324 e. The second-order valence-electron chi connectivity index (χ2n) is 3.35. The maximum Gasteiger partial charge on any atom is 0.264 e. The molecule has 1 aromatic rings. The molecular formula is C10H9F2NO. The van der Waals surface area contributed by atoms with Gasteiger partial charge in [-0.3, -0.25) is 4.79 Å². The minimum absolute atomic E-state index is 0.134. The summed E-state index contributed by atoms with van der Waals surface area (Å²) in [5, 5.41) is 0. The smallest absolute Gasteiger partial charge is 0.264 e. The zero-order valence-electron chi connectivity index (χ0n) is 7.34. The highest BCUT2D eigenvalue weighted by atomic mass is 19.3. The lowest BCUT2D eigenvalue weighted by Gasteiger charge is -2.07. The van der Waals surface area contributed by atoms with Gasteiger partial charge in [0.2, 0.25) is 0 Å². The molecule has 0 fully saturated rings. The van der Waals surface area contributed by atoms with Crippen molar-refractivity contribution >= 4 is 5.78 Å². The van der Waals surface area contributed by atoms with Gasteiger partial charge >= 0.3 is 0 Å². The van der Waals surface area contributed by atoms with E-state index in [1.165, 1.54) is 12.1 Å². The van der Waals surface area contributed by atoms with Crippen LogP contribution in [0.5, 0.6) is 0 Å². The summed E-state index contributed by atoms with van der Waals surface area (Å²) in [6.07, 6.45) is -2.47. The van der Waals surface area contributed by atoms with E-state index in [1.54, 1.807) is 6.07 Å². The fraction of sp³-hybridized carbons (Fsp3) is 0.300. The standard InChI is InChI=1S/C10H9F2NO/c11-10(12)6-3-1-2-5-7(13)4-8(14)9(5)6/h1-3,7,10H,4,13H2/t7-/m0/s1. The number of rotatable bonds is 1. The van der Waals surface area contributed by atoms with E-state index in [0.29, 0.717) is 5.56 Å². The Morgan fingerprint density at radius 3 is 2.79 bits per heavy atom. The van der Waals surface area contributed by atoms with E-state index in [1.807, 2.05) is 0 Å². The summed E-state index contributed by atoms with van der Waals surface area (Å²) < 4.78 is 25.1. The number of carbonyl (C=O) groups is 1. The molecule has 0 amide bonds. The van der Waals surface area contributed by atoms with E-state index in [0.717, 1.165) is 0 Å². The van der Waals surface area contributed by atoms with E-state index in [2.05, 4.69) is 0 Å². The van der Waals surface area contributed by atoms with Crippen molar-refractivity contribution in [2.75, 3.05) is 0 Å². The Kier molecular flexibility index (Phi) is 2.07. The zero-order valence-corrected chi connectivity index (χ0v) is 7.34. The van der Waals surface area contributed by atoms with E-state index in [-0.39, 0.29) is 23.3 Å². The number of benzene rings is 1. The van der Waals surface area contributed by atoms with Crippen LogP contribution >= 0.6 is 0 Å². The molecule has 0 aliphatic heterocycles. The van der Waals surface area contributed by atoms with E-state index in [4.69, 9.17) is 5.73 Å². The first-order valence-corrected chi connectivity index (χ1v) is 4.31. The maximum absolute atomic E-state index is 12.5. The molecule has 4 heteroatoms. The van der Waals surface area contributed by atoms with Crippen molar-refractivity contribution in [3.05, 3.63) is 34.9 Å². The first-order valence-electron chi connectivity index (χ1n) is 4.31. The van der Waals surface area contributed by atoms with Crippen molar-refractivity contribution in [2.45, 2.75) is 18.9 Å². The Labute approximate surface area is 79.7 Å². The van der Waals surface area contributed by atoms with Gasteiger partial charge in [-0.1, -0.05) is 18.2 Å². The van der Waals surface area contributed by atoms with Crippen LogP contribution in [0, 0.1) is 0 Å². The van der Waals surface area contributed by atoms with Gasteiger partial charge < -0.3 is 5.73 Å². The van der Waals surface area contributed by atoms with Gasteiger partial charge in [0.05, 0.1) is 0 Å². The highest BCUT2D eigenvalue weighted by Crippen LogP contribution is 2.35. The largest absolute Gasteiger partial charge is 0.324 e. The molecule has 0 aromatic heterocycles. The van der Waals surface area contributed by atoms with Gasteiger partial charge in [0.1, 0.15) is 0 Å². The molecule has 2 nitrogen and oxygen atoms in total. The number of halogens is 2. The molecule has 1 atom stereocenters. The molecule has 2 N–H and O–H groups in total. The summed E-state index contributed by atoms with van der Waals surface area (Å²) in [7, 11) is 0. The van der Waals surface area contributed by atoms with E-state index < -0.39 is 12.5 Å². The van der Waals surface area contributed by atoms with E-state index in [9.17, 15) is 13.6 Å². The predicted octanol–water partition coefficient (Wildman–Crippen LogP) is 2.21. The van der Waals surface area contributed by atoms with Gasteiger partial charge in [-0.2, -0.15) is 0 Å². The Morgan fingerprint density at radius 2 is 2.14 bits per heavy atom. The number of hydrogen-bond acceptors (Lipinski definition) is 2.